The molecular weight excluding hydrogens is 227 g/mol. The number of carbonyl (C=O) groups is 1. The van der Waals surface area contributed by atoms with Gasteiger partial charge in [-0.25, -0.2) is 4.39 Å². The summed E-state index contributed by atoms with van der Waals surface area (Å²) in [6.07, 6.45) is 5.26. The zero-order chi connectivity index (χ0) is 12.0. The number of aromatic nitrogens is 1. The van der Waals surface area contributed by atoms with Gasteiger partial charge in [-0.15, -0.1) is 0 Å². The Hall–Kier alpha value is -1.10. The van der Waals surface area contributed by atoms with Crippen LogP contribution in [-0.4, -0.2) is 28.9 Å². The molecule has 1 amide bonds. The molecule has 1 aromatic heterocycles. The smallest absolute Gasteiger partial charge is 0.254 e. The van der Waals surface area contributed by atoms with Crippen LogP contribution < -0.4 is 5.32 Å². The summed E-state index contributed by atoms with van der Waals surface area (Å²) >= 11 is 1.65. The Labute approximate surface area is 98.8 Å². The van der Waals surface area contributed by atoms with E-state index in [9.17, 15) is 9.18 Å². The molecule has 0 spiro atoms. The first-order valence-electron chi connectivity index (χ1n) is 5.08. The summed E-state index contributed by atoms with van der Waals surface area (Å²) in [6.45, 7) is 1.99. The Morgan fingerprint density at radius 2 is 2.44 bits per heavy atom. The molecule has 1 N–H and O–H groups in total. The van der Waals surface area contributed by atoms with Gasteiger partial charge in [-0.1, -0.05) is 6.92 Å². The fourth-order valence-electron chi connectivity index (χ4n) is 1.29. The molecule has 1 aromatic rings. The number of hydrogen-bond acceptors (Lipinski definition) is 3. The number of nitrogens with one attached hydrogen (secondary N) is 1. The number of pyridine rings is 1. The van der Waals surface area contributed by atoms with Crippen molar-refractivity contribution in [2.45, 2.75) is 19.4 Å². The Bertz CT molecular complexity index is 360. The molecule has 5 heteroatoms. The van der Waals surface area contributed by atoms with Gasteiger partial charge in [-0.3, -0.25) is 9.78 Å². The summed E-state index contributed by atoms with van der Waals surface area (Å²) in [7, 11) is 0. The van der Waals surface area contributed by atoms with E-state index < -0.39 is 5.82 Å². The lowest BCUT2D eigenvalue weighted by molar-refractivity contribution is 0.0936. The minimum absolute atomic E-state index is 0.0505. The number of hydrogen-bond donors (Lipinski definition) is 1. The lowest BCUT2D eigenvalue weighted by Crippen LogP contribution is -2.36. The standard InChI is InChI=1S/C11H15FN2OS/c1-3-8(7-16-2)14-11(15)9-4-5-13-6-10(9)12/h4-6,8H,3,7H2,1-2H3,(H,14,15). The van der Waals surface area contributed by atoms with E-state index in [4.69, 9.17) is 0 Å². The first-order chi connectivity index (χ1) is 7.69. The summed E-state index contributed by atoms with van der Waals surface area (Å²) in [5.41, 5.74) is 0.0505. The number of rotatable bonds is 5. The van der Waals surface area contributed by atoms with Gasteiger partial charge in [0.05, 0.1) is 11.8 Å². The third kappa shape index (κ3) is 3.48. The molecule has 1 atom stereocenters. The van der Waals surface area contributed by atoms with E-state index in [1.54, 1.807) is 11.8 Å². The second-order valence-electron chi connectivity index (χ2n) is 3.39. The van der Waals surface area contributed by atoms with Crippen molar-refractivity contribution in [1.29, 1.82) is 0 Å². The topological polar surface area (TPSA) is 42.0 Å². The Morgan fingerprint density at radius 3 is 3.00 bits per heavy atom. The molecule has 0 aliphatic carbocycles. The Morgan fingerprint density at radius 1 is 1.69 bits per heavy atom. The highest BCUT2D eigenvalue weighted by atomic mass is 32.2. The van der Waals surface area contributed by atoms with Crippen LogP contribution in [0.1, 0.15) is 23.7 Å². The zero-order valence-corrected chi connectivity index (χ0v) is 10.2. The fraction of sp³-hybridized carbons (Fsp3) is 0.455. The molecule has 88 valence electrons. The van der Waals surface area contributed by atoms with E-state index >= 15 is 0 Å². The fourth-order valence-corrected chi connectivity index (χ4v) is 2.01. The van der Waals surface area contributed by atoms with Crippen molar-refractivity contribution < 1.29 is 9.18 Å². The second-order valence-corrected chi connectivity index (χ2v) is 4.30. The lowest BCUT2D eigenvalue weighted by Gasteiger charge is -2.15. The summed E-state index contributed by atoms with van der Waals surface area (Å²) in [6, 6.07) is 1.46. The van der Waals surface area contributed by atoms with Gasteiger partial charge >= 0.3 is 0 Å². The van der Waals surface area contributed by atoms with Gasteiger partial charge in [-0.2, -0.15) is 11.8 Å². The number of thioether (sulfide) groups is 1. The SMILES string of the molecule is CCC(CSC)NC(=O)c1ccncc1F. The van der Waals surface area contributed by atoms with Crippen molar-refractivity contribution in [3.8, 4) is 0 Å². The number of halogens is 1. The van der Waals surface area contributed by atoms with Gasteiger partial charge < -0.3 is 5.32 Å². The number of nitrogens with zero attached hydrogens (tertiary/aromatic N) is 1. The quantitative estimate of drug-likeness (QED) is 0.859. The molecule has 0 aliphatic rings. The van der Waals surface area contributed by atoms with Crippen LogP contribution in [0.2, 0.25) is 0 Å². The van der Waals surface area contributed by atoms with Crippen molar-refractivity contribution in [3.05, 3.63) is 29.8 Å². The molecule has 1 heterocycles. The molecule has 0 bridgehead atoms. The molecule has 16 heavy (non-hydrogen) atoms. The second kappa shape index (κ2) is 6.48. The summed E-state index contributed by atoms with van der Waals surface area (Å²) in [5, 5.41) is 2.80. The van der Waals surface area contributed by atoms with E-state index in [2.05, 4.69) is 10.3 Å². The summed E-state index contributed by atoms with van der Waals surface area (Å²) in [4.78, 5) is 15.3. The molecule has 1 rings (SSSR count). The first kappa shape index (κ1) is 13.0. The normalized spacial score (nSPS) is 12.2. The van der Waals surface area contributed by atoms with Crippen LogP contribution in [0.5, 0.6) is 0 Å². The largest absolute Gasteiger partial charge is 0.348 e. The summed E-state index contributed by atoms with van der Waals surface area (Å²) < 4.78 is 13.3. The van der Waals surface area contributed by atoms with Crippen molar-refractivity contribution >= 4 is 17.7 Å². The van der Waals surface area contributed by atoms with Gasteiger partial charge in [0.2, 0.25) is 0 Å². The van der Waals surface area contributed by atoms with E-state index in [0.29, 0.717) is 0 Å². The average molecular weight is 242 g/mol. The zero-order valence-electron chi connectivity index (χ0n) is 9.37. The third-order valence-electron chi connectivity index (χ3n) is 2.21. The van der Waals surface area contributed by atoms with Crippen LogP contribution in [-0.2, 0) is 0 Å². The van der Waals surface area contributed by atoms with Crippen LogP contribution in [0.4, 0.5) is 4.39 Å². The monoisotopic (exact) mass is 242 g/mol. The molecule has 0 radical (unpaired) electrons. The Balaban J connectivity index is 2.68. The van der Waals surface area contributed by atoms with Crippen molar-refractivity contribution in [3.63, 3.8) is 0 Å². The van der Waals surface area contributed by atoms with Crippen LogP contribution in [0.15, 0.2) is 18.5 Å². The van der Waals surface area contributed by atoms with Crippen LogP contribution >= 0.6 is 11.8 Å². The molecule has 0 aromatic carbocycles. The van der Waals surface area contributed by atoms with Crippen LogP contribution in [0.25, 0.3) is 0 Å². The highest BCUT2D eigenvalue weighted by Gasteiger charge is 2.14. The van der Waals surface area contributed by atoms with Gasteiger partial charge in [-0.05, 0) is 18.7 Å². The first-order valence-corrected chi connectivity index (χ1v) is 6.47. The molecule has 0 saturated heterocycles. The van der Waals surface area contributed by atoms with Gasteiger partial charge in [0.25, 0.3) is 5.91 Å². The lowest BCUT2D eigenvalue weighted by atomic mass is 10.2. The van der Waals surface area contributed by atoms with Crippen molar-refractivity contribution in [2.75, 3.05) is 12.0 Å². The molecule has 1 unspecified atom stereocenters. The number of carbonyl (C=O) groups excluding carboxylic acids is 1. The summed E-state index contributed by atoms with van der Waals surface area (Å²) in [5.74, 6) is -0.130. The van der Waals surface area contributed by atoms with E-state index in [-0.39, 0.29) is 17.5 Å². The highest BCUT2D eigenvalue weighted by molar-refractivity contribution is 7.98. The van der Waals surface area contributed by atoms with E-state index in [1.807, 2.05) is 13.2 Å². The maximum absolute atomic E-state index is 13.3. The Kier molecular flexibility index (Phi) is 5.25. The highest BCUT2D eigenvalue weighted by Crippen LogP contribution is 2.07. The average Bonchev–Trinajstić information content (AvgIpc) is 2.28. The van der Waals surface area contributed by atoms with Crippen molar-refractivity contribution in [2.24, 2.45) is 0 Å². The molecular formula is C11H15FN2OS. The minimum atomic E-state index is -0.584. The van der Waals surface area contributed by atoms with Gasteiger partial charge in [0.15, 0.2) is 5.82 Å². The number of amides is 1. The molecule has 0 aliphatic heterocycles. The van der Waals surface area contributed by atoms with E-state index in [0.717, 1.165) is 18.4 Å². The van der Waals surface area contributed by atoms with Crippen molar-refractivity contribution in [1.82, 2.24) is 10.3 Å². The minimum Gasteiger partial charge on any atom is -0.348 e. The maximum Gasteiger partial charge on any atom is 0.254 e. The third-order valence-corrected chi connectivity index (χ3v) is 2.95. The maximum atomic E-state index is 13.3. The predicted molar refractivity (Wildman–Crippen MR) is 64.1 cm³/mol. The molecule has 0 saturated carbocycles. The molecule has 3 nitrogen and oxygen atoms in total. The predicted octanol–water partition coefficient (Wildman–Crippen LogP) is 2.09. The van der Waals surface area contributed by atoms with Gasteiger partial charge in [0.1, 0.15) is 0 Å². The van der Waals surface area contributed by atoms with Crippen LogP contribution in [0, 0.1) is 5.82 Å². The van der Waals surface area contributed by atoms with Crippen LogP contribution in [0.3, 0.4) is 0 Å². The van der Waals surface area contributed by atoms with Gasteiger partial charge in [0, 0.05) is 18.0 Å². The molecule has 0 fully saturated rings. The van der Waals surface area contributed by atoms with E-state index in [1.165, 1.54) is 12.3 Å².